The predicted octanol–water partition coefficient (Wildman–Crippen LogP) is 6.05. The topological polar surface area (TPSA) is 68.3 Å². The summed E-state index contributed by atoms with van der Waals surface area (Å²) in [6.45, 7) is 9.36. The average Bonchev–Trinajstić information content (AvgIpc) is 2.71. The molecule has 0 spiro atoms. The number of hydrogen-bond acceptors (Lipinski definition) is 4. The fourth-order valence-electron chi connectivity index (χ4n) is 2.97. The second-order valence-electron chi connectivity index (χ2n) is 7.92. The molecule has 158 valence electrons. The first-order valence-electron chi connectivity index (χ1n) is 9.69. The molecule has 31 heavy (non-hydrogen) atoms. The fourth-order valence-corrected chi connectivity index (χ4v) is 3.15. The molecule has 0 saturated heterocycles. The van der Waals surface area contributed by atoms with Crippen LogP contribution >= 0.6 is 11.6 Å². The van der Waals surface area contributed by atoms with Gasteiger partial charge in [-0.2, -0.15) is 0 Å². The van der Waals surface area contributed by atoms with Crippen LogP contribution in [0.3, 0.4) is 0 Å². The minimum Gasteiger partial charge on any atom is -0.457 e. The highest BCUT2D eigenvalue weighted by Gasteiger charge is 2.17. The zero-order valence-electron chi connectivity index (χ0n) is 17.6. The lowest BCUT2D eigenvalue weighted by Crippen LogP contribution is -2.22. The summed E-state index contributed by atoms with van der Waals surface area (Å²) in [5.41, 5.74) is 2.04. The summed E-state index contributed by atoms with van der Waals surface area (Å²) in [5.74, 6) is -0.849. The number of nitrogens with zero attached hydrogens (tertiary/aromatic N) is 1. The molecule has 0 unspecified atom stereocenters. The van der Waals surface area contributed by atoms with E-state index in [4.69, 9.17) is 16.3 Å². The number of carbonyl (C=O) groups excluding carboxylic acids is 2. The summed E-state index contributed by atoms with van der Waals surface area (Å²) in [7, 11) is 0. The molecule has 1 amide bonds. The Balaban J connectivity index is 1.88. The number of carbonyl (C=O) groups is 2. The molecule has 1 aromatic heterocycles. The minimum atomic E-state index is -0.597. The molecule has 0 radical (unpaired) electrons. The summed E-state index contributed by atoms with van der Waals surface area (Å²) < 4.78 is 5.27. The zero-order chi connectivity index (χ0) is 22.6. The molecule has 0 fully saturated rings. The highest BCUT2D eigenvalue weighted by Crippen LogP contribution is 2.26. The molecule has 0 saturated carbocycles. The minimum absolute atomic E-state index is 0.333. The van der Waals surface area contributed by atoms with E-state index in [-0.39, 0.29) is 5.91 Å². The van der Waals surface area contributed by atoms with Gasteiger partial charge in [0, 0.05) is 28.2 Å². The maximum Gasteiger partial charge on any atom is 0.331 e. The molecule has 1 heterocycles. The van der Waals surface area contributed by atoms with Gasteiger partial charge in [-0.15, -0.1) is 0 Å². The van der Waals surface area contributed by atoms with Crippen LogP contribution in [0.5, 0.6) is 0 Å². The third kappa shape index (κ3) is 5.80. The molecule has 0 aliphatic carbocycles. The molecule has 6 heteroatoms. The number of fused-ring (bicyclic) bond motifs is 1. The number of amides is 1. The van der Waals surface area contributed by atoms with Crippen molar-refractivity contribution in [1.29, 1.82) is 0 Å². The van der Waals surface area contributed by atoms with Gasteiger partial charge in [0.1, 0.15) is 5.60 Å². The van der Waals surface area contributed by atoms with Crippen molar-refractivity contribution in [2.75, 3.05) is 5.32 Å². The van der Waals surface area contributed by atoms with E-state index >= 15 is 0 Å². The van der Waals surface area contributed by atoms with E-state index in [0.29, 0.717) is 32.9 Å². The molecule has 0 aliphatic heterocycles. The van der Waals surface area contributed by atoms with Crippen LogP contribution in [0.25, 0.3) is 16.5 Å². The Morgan fingerprint density at radius 3 is 2.55 bits per heavy atom. The summed E-state index contributed by atoms with van der Waals surface area (Å²) in [5, 5.41) is 4.23. The van der Waals surface area contributed by atoms with Crippen molar-refractivity contribution in [2.45, 2.75) is 26.4 Å². The number of para-hydroxylation sites is 1. The second-order valence-corrected chi connectivity index (χ2v) is 8.35. The number of pyridine rings is 1. The summed E-state index contributed by atoms with van der Waals surface area (Å²) in [6.07, 6.45) is 4.48. The first-order chi connectivity index (χ1) is 14.6. The highest BCUT2D eigenvalue weighted by molar-refractivity contribution is 6.31. The number of anilines is 1. The van der Waals surface area contributed by atoms with Gasteiger partial charge in [0.2, 0.25) is 0 Å². The van der Waals surface area contributed by atoms with E-state index in [1.54, 1.807) is 51.2 Å². The maximum atomic E-state index is 13.1. The summed E-state index contributed by atoms with van der Waals surface area (Å²) in [4.78, 5) is 29.4. The molecule has 5 nitrogen and oxygen atoms in total. The Hall–Kier alpha value is -3.44. The first-order valence-corrected chi connectivity index (χ1v) is 10.1. The molecule has 0 aliphatic rings. The van der Waals surface area contributed by atoms with Gasteiger partial charge < -0.3 is 10.1 Å². The van der Waals surface area contributed by atoms with E-state index in [0.717, 1.165) is 5.39 Å². The van der Waals surface area contributed by atoms with E-state index in [2.05, 4.69) is 16.9 Å². The lowest BCUT2D eigenvalue weighted by atomic mass is 9.99. The van der Waals surface area contributed by atoms with E-state index in [9.17, 15) is 9.59 Å². The van der Waals surface area contributed by atoms with E-state index in [1.807, 2.05) is 24.3 Å². The van der Waals surface area contributed by atoms with Crippen LogP contribution in [-0.2, 0) is 9.53 Å². The predicted molar refractivity (Wildman–Crippen MR) is 125 cm³/mol. The number of rotatable bonds is 5. The van der Waals surface area contributed by atoms with Gasteiger partial charge in [-0.05, 0) is 62.2 Å². The first kappa shape index (κ1) is 22.2. The standard InChI is InChI=1S/C25H23ClN2O3/c1-16(10-13-22(29)31-25(2,3)4)19-12-11-18(26)15-20(19)24(30)28-21-9-5-7-17-8-6-14-27-23(17)21/h5-15H,1H2,2-4H3,(H,28,30)/b13-10+. The highest BCUT2D eigenvalue weighted by atomic mass is 35.5. The second kappa shape index (κ2) is 9.14. The molecule has 3 rings (SSSR count). The lowest BCUT2D eigenvalue weighted by molar-refractivity contribution is -0.148. The van der Waals surface area contributed by atoms with E-state index < -0.39 is 11.6 Å². The Morgan fingerprint density at radius 1 is 1.06 bits per heavy atom. The number of benzene rings is 2. The zero-order valence-corrected chi connectivity index (χ0v) is 18.4. The fraction of sp³-hybridized carbons (Fsp3) is 0.160. The van der Waals surface area contributed by atoms with Crippen LogP contribution in [0.2, 0.25) is 5.02 Å². The normalized spacial score (nSPS) is 11.5. The monoisotopic (exact) mass is 434 g/mol. The third-order valence-corrected chi connectivity index (χ3v) is 4.52. The van der Waals surface area contributed by atoms with Gasteiger partial charge >= 0.3 is 5.97 Å². The Kier molecular flexibility index (Phi) is 6.56. The van der Waals surface area contributed by atoms with Gasteiger partial charge in [-0.25, -0.2) is 4.79 Å². The smallest absolute Gasteiger partial charge is 0.331 e. The Bertz CT molecular complexity index is 1190. The van der Waals surface area contributed by atoms with Crippen LogP contribution in [0.15, 0.2) is 73.5 Å². The Morgan fingerprint density at radius 2 is 1.81 bits per heavy atom. The summed E-state index contributed by atoms with van der Waals surface area (Å²) >= 11 is 6.15. The number of hydrogen-bond donors (Lipinski definition) is 1. The van der Waals surface area contributed by atoms with Crippen molar-refractivity contribution in [2.24, 2.45) is 0 Å². The summed E-state index contributed by atoms with van der Waals surface area (Å²) in [6, 6.07) is 14.2. The van der Waals surface area contributed by atoms with Crippen molar-refractivity contribution in [3.05, 3.63) is 89.6 Å². The number of nitrogens with one attached hydrogen (secondary N) is 1. The molecule has 3 aromatic rings. The number of ether oxygens (including phenoxy) is 1. The Labute approximate surface area is 186 Å². The quantitative estimate of drug-likeness (QED) is 0.301. The molecule has 2 aromatic carbocycles. The molecular weight excluding hydrogens is 412 g/mol. The molecule has 0 atom stereocenters. The van der Waals surface area contributed by atoms with Crippen molar-refractivity contribution in [3.63, 3.8) is 0 Å². The van der Waals surface area contributed by atoms with Gasteiger partial charge in [0.05, 0.1) is 11.2 Å². The van der Waals surface area contributed by atoms with Crippen LogP contribution in [0, 0.1) is 0 Å². The SMILES string of the molecule is C=C(/C=C/C(=O)OC(C)(C)C)c1ccc(Cl)cc1C(=O)Nc1cccc2cccnc12. The van der Waals surface area contributed by atoms with Gasteiger partial charge in [0.15, 0.2) is 0 Å². The van der Waals surface area contributed by atoms with Gasteiger partial charge in [0.25, 0.3) is 5.91 Å². The average molecular weight is 435 g/mol. The van der Waals surface area contributed by atoms with Crippen molar-refractivity contribution in [3.8, 4) is 0 Å². The number of allylic oxidation sites excluding steroid dienone is 2. The third-order valence-electron chi connectivity index (χ3n) is 4.28. The van der Waals surface area contributed by atoms with Crippen LogP contribution in [0.1, 0.15) is 36.7 Å². The van der Waals surface area contributed by atoms with Gasteiger partial charge in [-0.1, -0.05) is 42.4 Å². The molecule has 0 bridgehead atoms. The molecular formula is C25H23ClN2O3. The van der Waals surface area contributed by atoms with Crippen LogP contribution < -0.4 is 5.32 Å². The number of aromatic nitrogens is 1. The largest absolute Gasteiger partial charge is 0.457 e. The maximum absolute atomic E-state index is 13.1. The van der Waals surface area contributed by atoms with Crippen molar-refractivity contribution < 1.29 is 14.3 Å². The van der Waals surface area contributed by atoms with Crippen molar-refractivity contribution in [1.82, 2.24) is 4.98 Å². The van der Waals surface area contributed by atoms with Gasteiger partial charge in [-0.3, -0.25) is 9.78 Å². The van der Waals surface area contributed by atoms with Crippen molar-refractivity contribution >= 4 is 45.6 Å². The number of halogens is 1. The number of esters is 1. The lowest BCUT2D eigenvalue weighted by Gasteiger charge is -2.18. The van der Waals surface area contributed by atoms with Crippen LogP contribution in [0.4, 0.5) is 5.69 Å². The van der Waals surface area contributed by atoms with Crippen LogP contribution in [-0.4, -0.2) is 22.5 Å². The molecule has 1 N–H and O–H groups in total. The van der Waals surface area contributed by atoms with E-state index in [1.165, 1.54) is 12.2 Å².